The van der Waals surface area contributed by atoms with Crippen LogP contribution in [-0.4, -0.2) is 0 Å². The minimum Gasteiger partial charge on any atom is -0.0584 e. The van der Waals surface area contributed by atoms with Crippen molar-refractivity contribution in [3.8, 4) is 0 Å². The second kappa shape index (κ2) is 2.43. The summed E-state index contributed by atoms with van der Waals surface area (Å²) in [6.07, 6.45) is 6.66. The molecule has 1 aliphatic rings. The molecule has 1 rings (SSSR count). The summed E-state index contributed by atoms with van der Waals surface area (Å²) in [5.41, 5.74) is 0. The smallest absolute Gasteiger partial charge is 0.0584 e. The van der Waals surface area contributed by atoms with Crippen LogP contribution in [0.2, 0.25) is 0 Å². The van der Waals surface area contributed by atoms with Crippen LogP contribution in [0.25, 0.3) is 0 Å². The summed E-state index contributed by atoms with van der Waals surface area (Å²) in [6.45, 7) is 4.65. The highest BCUT2D eigenvalue weighted by Gasteiger charge is 2.21. The molecule has 0 heterocycles. The molecular formula is C8H15+. The lowest BCUT2D eigenvalue weighted by molar-refractivity contribution is 0.380. The molecule has 0 nitrogen and oxygen atoms in total. The quantitative estimate of drug-likeness (QED) is 0.421. The predicted octanol–water partition coefficient (Wildman–Crippen LogP) is 2.65. The molecular weight excluding hydrogens is 96.1 g/mol. The van der Waals surface area contributed by atoms with Crippen LogP contribution in [0.5, 0.6) is 0 Å². The van der Waals surface area contributed by atoms with Gasteiger partial charge >= 0.3 is 0 Å². The lowest BCUT2D eigenvalue weighted by atomic mass is 9.84. The summed E-state index contributed by atoms with van der Waals surface area (Å²) in [7, 11) is 0. The highest BCUT2D eigenvalue weighted by Crippen LogP contribution is 2.26. The molecule has 0 bridgehead atoms. The van der Waals surface area contributed by atoms with E-state index < -0.39 is 0 Å². The molecule has 1 fully saturated rings. The Labute approximate surface area is 52.3 Å². The van der Waals surface area contributed by atoms with Gasteiger partial charge in [0, 0.05) is 0 Å². The fourth-order valence-corrected chi connectivity index (χ4v) is 1.25. The van der Waals surface area contributed by atoms with Crippen molar-refractivity contribution >= 4 is 0 Å². The van der Waals surface area contributed by atoms with Gasteiger partial charge in [-0.2, -0.15) is 0 Å². The summed E-state index contributed by atoms with van der Waals surface area (Å²) in [6, 6.07) is 0. The van der Waals surface area contributed by atoms with Gasteiger partial charge in [0.15, 0.2) is 0 Å². The Morgan fingerprint density at radius 3 is 2.38 bits per heavy atom. The van der Waals surface area contributed by atoms with Gasteiger partial charge in [0.1, 0.15) is 0 Å². The third-order valence-corrected chi connectivity index (χ3v) is 2.06. The third kappa shape index (κ3) is 1.43. The van der Waals surface area contributed by atoms with Crippen LogP contribution in [0.3, 0.4) is 0 Å². The Bertz CT molecular complexity index is 48.4. The van der Waals surface area contributed by atoms with E-state index in [1.807, 2.05) is 0 Å². The number of hydrogen-bond donors (Lipinski definition) is 0. The van der Waals surface area contributed by atoms with Crippen LogP contribution in [0.1, 0.15) is 33.1 Å². The van der Waals surface area contributed by atoms with Crippen LogP contribution in [-0.2, 0) is 0 Å². The van der Waals surface area contributed by atoms with Crippen LogP contribution < -0.4 is 0 Å². The molecule has 0 aromatic heterocycles. The standard InChI is InChI=1S/C8H15/c1-7-3-5-8(2)6-4-7/h3,7-8H,4-6H2,1-2H3/q+1. The van der Waals surface area contributed by atoms with E-state index in [4.69, 9.17) is 0 Å². The molecule has 0 radical (unpaired) electrons. The summed E-state index contributed by atoms with van der Waals surface area (Å²) >= 11 is 0. The minimum atomic E-state index is 0.895. The van der Waals surface area contributed by atoms with Gasteiger partial charge in [-0.15, -0.1) is 0 Å². The molecule has 2 atom stereocenters. The predicted molar refractivity (Wildman–Crippen MR) is 36.5 cm³/mol. The van der Waals surface area contributed by atoms with Gasteiger partial charge < -0.3 is 0 Å². The average Bonchev–Trinajstić information content (AvgIpc) is 1.77. The minimum absolute atomic E-state index is 0.895. The Morgan fingerprint density at radius 1 is 1.25 bits per heavy atom. The van der Waals surface area contributed by atoms with Gasteiger partial charge in [0.25, 0.3) is 0 Å². The Kier molecular flexibility index (Phi) is 1.82. The topological polar surface area (TPSA) is 0 Å². The highest BCUT2D eigenvalue weighted by atomic mass is 14.2. The maximum absolute atomic E-state index is 2.45. The van der Waals surface area contributed by atoms with E-state index >= 15 is 0 Å². The molecule has 0 N–H and O–H groups in total. The molecule has 0 aromatic carbocycles. The largest absolute Gasteiger partial charge is 0.0949 e. The maximum Gasteiger partial charge on any atom is 0.0949 e. The summed E-state index contributed by atoms with van der Waals surface area (Å²) in [5, 5.41) is 0. The van der Waals surface area contributed by atoms with E-state index in [-0.39, 0.29) is 0 Å². The molecule has 0 spiro atoms. The van der Waals surface area contributed by atoms with Crippen LogP contribution in [0.15, 0.2) is 0 Å². The van der Waals surface area contributed by atoms with Crippen molar-refractivity contribution in [2.24, 2.45) is 11.8 Å². The average molecular weight is 111 g/mol. The fourth-order valence-electron chi connectivity index (χ4n) is 1.25. The van der Waals surface area contributed by atoms with Crippen molar-refractivity contribution in [2.75, 3.05) is 0 Å². The molecule has 1 saturated carbocycles. The molecule has 1 aliphatic carbocycles. The van der Waals surface area contributed by atoms with E-state index in [9.17, 15) is 0 Å². The molecule has 2 unspecified atom stereocenters. The first kappa shape index (κ1) is 6.00. The van der Waals surface area contributed by atoms with Crippen molar-refractivity contribution in [1.82, 2.24) is 0 Å². The van der Waals surface area contributed by atoms with Crippen LogP contribution in [0.4, 0.5) is 0 Å². The number of rotatable bonds is 0. The summed E-state index contributed by atoms with van der Waals surface area (Å²) < 4.78 is 0. The van der Waals surface area contributed by atoms with E-state index in [1.54, 1.807) is 0 Å². The zero-order chi connectivity index (χ0) is 5.98. The Balaban J connectivity index is 2.19. The van der Waals surface area contributed by atoms with Crippen molar-refractivity contribution in [2.45, 2.75) is 33.1 Å². The van der Waals surface area contributed by atoms with E-state index in [0.717, 1.165) is 11.8 Å². The lowest BCUT2D eigenvalue weighted by Gasteiger charge is -2.14. The molecule has 0 saturated heterocycles. The van der Waals surface area contributed by atoms with Gasteiger partial charge in [-0.1, -0.05) is 6.92 Å². The zero-order valence-corrected chi connectivity index (χ0v) is 5.85. The van der Waals surface area contributed by atoms with Gasteiger partial charge in [-0.25, -0.2) is 0 Å². The molecule has 46 valence electrons. The maximum atomic E-state index is 2.45. The van der Waals surface area contributed by atoms with Gasteiger partial charge in [-0.3, -0.25) is 0 Å². The second-order valence-electron chi connectivity index (χ2n) is 3.13. The molecule has 0 aliphatic heterocycles. The van der Waals surface area contributed by atoms with Crippen molar-refractivity contribution in [1.29, 1.82) is 0 Å². The molecule has 0 amide bonds. The summed E-state index contributed by atoms with van der Waals surface area (Å²) in [5.74, 6) is 1.86. The third-order valence-electron chi connectivity index (χ3n) is 2.06. The monoisotopic (exact) mass is 111 g/mol. The second-order valence-corrected chi connectivity index (χ2v) is 3.13. The van der Waals surface area contributed by atoms with Crippen LogP contribution in [0, 0.1) is 18.3 Å². The van der Waals surface area contributed by atoms with Crippen molar-refractivity contribution in [3.05, 3.63) is 6.42 Å². The first-order chi connectivity index (χ1) is 3.79. The molecule has 0 heteroatoms. The first-order valence-corrected chi connectivity index (χ1v) is 3.62. The van der Waals surface area contributed by atoms with E-state index in [0.29, 0.717) is 0 Å². The Hall–Kier alpha value is -0.130. The molecule has 8 heavy (non-hydrogen) atoms. The van der Waals surface area contributed by atoms with Crippen molar-refractivity contribution in [3.63, 3.8) is 0 Å². The van der Waals surface area contributed by atoms with Crippen LogP contribution >= 0.6 is 0 Å². The van der Waals surface area contributed by atoms with Gasteiger partial charge in [-0.05, 0) is 25.7 Å². The SMILES string of the molecule is CC1[CH+]CC(C)CC1. The van der Waals surface area contributed by atoms with E-state index in [2.05, 4.69) is 20.3 Å². The molecule has 0 aromatic rings. The first-order valence-electron chi connectivity index (χ1n) is 3.62. The lowest BCUT2D eigenvalue weighted by Crippen LogP contribution is -2.09. The normalized spacial score (nSPS) is 38.8. The zero-order valence-electron chi connectivity index (χ0n) is 5.85. The fraction of sp³-hybridized carbons (Fsp3) is 0.875. The van der Waals surface area contributed by atoms with Gasteiger partial charge in [0.05, 0.1) is 18.8 Å². The summed E-state index contributed by atoms with van der Waals surface area (Å²) in [4.78, 5) is 0. The van der Waals surface area contributed by atoms with Gasteiger partial charge in [0.2, 0.25) is 0 Å². The van der Waals surface area contributed by atoms with E-state index in [1.165, 1.54) is 19.3 Å². The number of hydrogen-bond acceptors (Lipinski definition) is 0. The Morgan fingerprint density at radius 2 is 2.00 bits per heavy atom. The highest BCUT2D eigenvalue weighted by molar-refractivity contribution is 4.80. The van der Waals surface area contributed by atoms with Crippen molar-refractivity contribution < 1.29 is 0 Å².